The number of carbonyl (C=O) groups excluding carboxylic acids is 4. The van der Waals surface area contributed by atoms with Gasteiger partial charge in [0.05, 0.1) is 12.6 Å². The summed E-state index contributed by atoms with van der Waals surface area (Å²) >= 11 is 0. The molecule has 0 radical (unpaired) electrons. The van der Waals surface area contributed by atoms with Crippen LogP contribution in [0.1, 0.15) is 58.8 Å². The van der Waals surface area contributed by atoms with Gasteiger partial charge in [0, 0.05) is 57.8 Å². The number of likely N-dealkylation sites (tertiary alicyclic amines) is 1. The van der Waals surface area contributed by atoms with Gasteiger partial charge in [0.25, 0.3) is 5.91 Å². The lowest BCUT2D eigenvalue weighted by molar-refractivity contribution is -0.141. The largest absolute Gasteiger partial charge is 0.484 e. The van der Waals surface area contributed by atoms with E-state index in [2.05, 4.69) is 34.3 Å². The topological polar surface area (TPSA) is 115 Å². The average Bonchev–Trinajstić information content (AvgIpc) is 3.54. The molecule has 11 heteroatoms. The van der Waals surface area contributed by atoms with Gasteiger partial charge in [-0.1, -0.05) is 18.2 Å². The van der Waals surface area contributed by atoms with Crippen LogP contribution >= 0.6 is 0 Å². The Labute approximate surface area is 268 Å². The Morgan fingerprint density at radius 1 is 0.978 bits per heavy atom. The number of benzene rings is 1. The van der Waals surface area contributed by atoms with Crippen LogP contribution in [0.25, 0.3) is 0 Å². The smallest absolute Gasteiger partial charge is 0.258 e. The Hall–Kier alpha value is -3.18. The van der Waals surface area contributed by atoms with Gasteiger partial charge in [0.1, 0.15) is 5.75 Å². The predicted octanol–water partition coefficient (Wildman–Crippen LogP) is 1.72. The highest BCUT2D eigenvalue weighted by molar-refractivity contribution is 5.88. The zero-order valence-electron chi connectivity index (χ0n) is 27.1. The molecule has 0 saturated carbocycles. The molecule has 3 atom stereocenters. The number of ether oxygens (including phenoxy) is 1. The van der Waals surface area contributed by atoms with Crippen molar-refractivity contribution in [3.63, 3.8) is 0 Å². The number of carbonyl (C=O) groups is 4. The molecule has 1 aromatic carbocycles. The van der Waals surface area contributed by atoms with E-state index < -0.39 is 0 Å². The lowest BCUT2D eigenvalue weighted by atomic mass is 9.80. The van der Waals surface area contributed by atoms with Crippen LogP contribution in [0.2, 0.25) is 0 Å². The molecule has 2 N–H and O–H groups in total. The first-order valence-corrected chi connectivity index (χ1v) is 17.1. The summed E-state index contributed by atoms with van der Waals surface area (Å²) in [6.07, 6.45) is 5.79. The van der Waals surface area contributed by atoms with Crippen LogP contribution in [-0.2, 0) is 19.2 Å². The van der Waals surface area contributed by atoms with Crippen LogP contribution in [-0.4, -0.2) is 127 Å². The highest BCUT2D eigenvalue weighted by Crippen LogP contribution is 2.32. The number of hydrogen-bond acceptors (Lipinski definition) is 7. The molecule has 0 unspecified atom stereocenters. The van der Waals surface area contributed by atoms with Gasteiger partial charge in [-0.05, 0) is 89.4 Å². The third kappa shape index (κ3) is 8.97. The van der Waals surface area contributed by atoms with E-state index in [1.54, 1.807) is 17.0 Å². The molecule has 5 aliphatic rings. The van der Waals surface area contributed by atoms with E-state index in [-0.39, 0.29) is 62.0 Å². The fourth-order valence-corrected chi connectivity index (χ4v) is 7.62. The summed E-state index contributed by atoms with van der Waals surface area (Å²) in [6, 6.07) is 9.56. The molecule has 5 heterocycles. The summed E-state index contributed by atoms with van der Waals surface area (Å²) in [5.74, 6) is 0.994. The average molecular weight is 625 g/mol. The first-order chi connectivity index (χ1) is 21.8. The van der Waals surface area contributed by atoms with E-state index in [9.17, 15) is 19.2 Å². The Balaban J connectivity index is 1.25. The lowest BCUT2D eigenvalue weighted by Crippen LogP contribution is -2.55. The molecule has 248 valence electrons. The van der Waals surface area contributed by atoms with E-state index in [1.807, 2.05) is 23.1 Å². The summed E-state index contributed by atoms with van der Waals surface area (Å²) in [5, 5.41) is 5.93. The van der Waals surface area contributed by atoms with Gasteiger partial charge in [-0.2, -0.15) is 0 Å². The number of rotatable bonds is 7. The van der Waals surface area contributed by atoms with Crippen molar-refractivity contribution < 1.29 is 23.9 Å². The maximum atomic E-state index is 14.0. The number of amides is 4. The van der Waals surface area contributed by atoms with Crippen molar-refractivity contribution in [2.75, 3.05) is 65.5 Å². The molecule has 0 spiro atoms. The molecule has 1 aromatic rings. The molecular formula is C34H52N6O5. The summed E-state index contributed by atoms with van der Waals surface area (Å²) in [6.45, 7) is 9.51. The van der Waals surface area contributed by atoms with Crippen LogP contribution in [0.4, 0.5) is 0 Å². The molecule has 5 aliphatic heterocycles. The summed E-state index contributed by atoms with van der Waals surface area (Å²) < 4.78 is 5.55. The normalized spacial score (nSPS) is 27.6. The van der Waals surface area contributed by atoms with E-state index in [1.165, 1.54) is 0 Å². The second-order valence-corrected chi connectivity index (χ2v) is 13.5. The minimum atomic E-state index is -0.289. The van der Waals surface area contributed by atoms with Crippen LogP contribution in [0, 0.1) is 11.8 Å². The minimum absolute atomic E-state index is 0.0390. The Kier molecular flexibility index (Phi) is 11.7. The van der Waals surface area contributed by atoms with Crippen LogP contribution in [0.5, 0.6) is 5.75 Å². The third-order valence-corrected chi connectivity index (χ3v) is 10.3. The molecule has 5 saturated heterocycles. The van der Waals surface area contributed by atoms with E-state index in [4.69, 9.17) is 4.74 Å². The first-order valence-electron chi connectivity index (χ1n) is 17.1. The lowest BCUT2D eigenvalue weighted by Gasteiger charge is -2.42. The van der Waals surface area contributed by atoms with Crippen molar-refractivity contribution in [2.45, 2.75) is 76.9 Å². The van der Waals surface area contributed by atoms with E-state index >= 15 is 0 Å². The summed E-state index contributed by atoms with van der Waals surface area (Å²) in [4.78, 5) is 61.7. The van der Waals surface area contributed by atoms with Gasteiger partial charge in [0.15, 0.2) is 6.61 Å². The molecule has 6 rings (SSSR count). The molecule has 2 bridgehead atoms. The molecule has 4 amide bonds. The van der Waals surface area contributed by atoms with Crippen molar-refractivity contribution in [3.8, 4) is 5.75 Å². The second-order valence-electron chi connectivity index (χ2n) is 13.5. The monoisotopic (exact) mass is 624 g/mol. The SMILES string of the molecule is CC(C)N1CC[C@H]2CC(=O)N3CCC(CC3)N3CCC[C@H]3C(=O)N(CCNC(=O)COc3ccccc3)CC(=O)NCC[C@H]2C1. The quantitative estimate of drug-likeness (QED) is 0.475. The number of hydrogen-bond donors (Lipinski definition) is 2. The Bertz CT molecular complexity index is 1160. The van der Waals surface area contributed by atoms with Gasteiger partial charge in [-0.3, -0.25) is 24.1 Å². The number of nitrogens with one attached hydrogen (secondary N) is 2. The Morgan fingerprint density at radius 3 is 2.51 bits per heavy atom. The zero-order valence-corrected chi connectivity index (χ0v) is 27.1. The molecular weight excluding hydrogens is 572 g/mol. The summed E-state index contributed by atoms with van der Waals surface area (Å²) in [5.41, 5.74) is 0. The molecule has 5 fully saturated rings. The molecule has 0 aliphatic carbocycles. The molecule has 11 nitrogen and oxygen atoms in total. The fraction of sp³-hybridized carbons (Fsp3) is 0.706. The van der Waals surface area contributed by atoms with Gasteiger partial charge < -0.3 is 30.1 Å². The van der Waals surface area contributed by atoms with Gasteiger partial charge in [0.2, 0.25) is 17.7 Å². The van der Waals surface area contributed by atoms with Crippen molar-refractivity contribution in [1.29, 1.82) is 0 Å². The zero-order chi connectivity index (χ0) is 31.8. The molecule has 45 heavy (non-hydrogen) atoms. The number of nitrogens with zero attached hydrogens (tertiary/aromatic N) is 4. The number of fused-ring (bicyclic) bond motifs is 9. The number of piperidine rings is 2. The van der Waals surface area contributed by atoms with Gasteiger partial charge in [-0.25, -0.2) is 0 Å². The summed E-state index contributed by atoms with van der Waals surface area (Å²) in [7, 11) is 0. The van der Waals surface area contributed by atoms with Crippen molar-refractivity contribution in [2.24, 2.45) is 11.8 Å². The van der Waals surface area contributed by atoms with Crippen molar-refractivity contribution >= 4 is 23.6 Å². The van der Waals surface area contributed by atoms with E-state index in [0.29, 0.717) is 36.6 Å². The second kappa shape index (κ2) is 15.9. The van der Waals surface area contributed by atoms with Crippen LogP contribution in [0.3, 0.4) is 0 Å². The van der Waals surface area contributed by atoms with Crippen LogP contribution < -0.4 is 15.4 Å². The fourth-order valence-electron chi connectivity index (χ4n) is 7.62. The van der Waals surface area contributed by atoms with Crippen LogP contribution in [0.15, 0.2) is 30.3 Å². The predicted molar refractivity (Wildman–Crippen MR) is 171 cm³/mol. The number of para-hydroxylation sites is 1. The van der Waals surface area contributed by atoms with Gasteiger partial charge in [-0.15, -0.1) is 0 Å². The van der Waals surface area contributed by atoms with Crippen molar-refractivity contribution in [3.05, 3.63) is 30.3 Å². The van der Waals surface area contributed by atoms with Crippen molar-refractivity contribution in [1.82, 2.24) is 30.2 Å². The molecule has 0 aromatic heterocycles. The third-order valence-electron chi connectivity index (χ3n) is 10.3. The minimum Gasteiger partial charge on any atom is -0.484 e. The van der Waals surface area contributed by atoms with E-state index in [0.717, 1.165) is 71.2 Å². The maximum absolute atomic E-state index is 14.0. The van der Waals surface area contributed by atoms with Gasteiger partial charge >= 0.3 is 0 Å². The maximum Gasteiger partial charge on any atom is 0.258 e. The standard InChI is InChI=1S/C34H52N6O5/c1-25(2)38-17-11-26-21-33(43)37-18-12-28(13-19-37)40-16-6-9-30(40)34(44)39(23-31(41)35-14-10-27(26)22-38)20-15-36-32(42)24-45-29-7-4-3-5-8-29/h3-5,7-8,25-28,30H,6,9-24H2,1-2H3,(H,35,41)(H,36,42)/t26-,27-,30-/m0/s1. The highest BCUT2D eigenvalue weighted by Gasteiger charge is 2.40. The Morgan fingerprint density at radius 2 is 1.76 bits per heavy atom. The first kappa shape index (κ1) is 33.2. The highest BCUT2D eigenvalue weighted by atomic mass is 16.5.